The van der Waals surface area contributed by atoms with Gasteiger partial charge >= 0.3 is 6.09 Å². The van der Waals surface area contributed by atoms with E-state index in [2.05, 4.69) is 15.2 Å². The van der Waals surface area contributed by atoms with Gasteiger partial charge in [-0.2, -0.15) is 4.98 Å². The molecule has 214 valence electrons. The third kappa shape index (κ3) is 6.28. The molecule has 1 fully saturated rings. The van der Waals surface area contributed by atoms with Gasteiger partial charge in [-0.15, -0.1) is 0 Å². The number of aliphatic hydroxyl groups excluding tert-OH is 1. The number of carbonyl (C=O) groups is 1. The fraction of sp³-hybridized carbons (Fsp3) is 0.323. The van der Waals surface area contributed by atoms with Crippen LogP contribution in [0, 0.1) is 0 Å². The number of methoxy groups -OCH3 is 2. The molecular formula is C31H35N5O5. The SMILES string of the molecule is COc1cc2nc(N3CCC(Cc4ccccc4)(OC(=O)NC(CO)c4ccccc4)CC3)nc(N)c2cc1OC. The maximum Gasteiger partial charge on any atom is 0.408 e. The van der Waals surface area contributed by atoms with Crippen molar-refractivity contribution in [3.8, 4) is 11.5 Å². The molecule has 41 heavy (non-hydrogen) atoms. The molecule has 5 rings (SSSR count). The van der Waals surface area contributed by atoms with Crippen molar-refractivity contribution in [3.05, 3.63) is 83.9 Å². The molecule has 1 amide bonds. The van der Waals surface area contributed by atoms with E-state index < -0.39 is 17.7 Å². The van der Waals surface area contributed by atoms with Crippen molar-refractivity contribution in [2.75, 3.05) is 44.5 Å². The average molecular weight is 558 g/mol. The first-order chi connectivity index (χ1) is 19.9. The smallest absolute Gasteiger partial charge is 0.408 e. The van der Waals surface area contributed by atoms with E-state index in [1.54, 1.807) is 26.4 Å². The standard InChI is InChI=1S/C31H35N5O5/c1-39-26-17-23-24(18-27(26)40-2)33-29(35-28(23)32)36-15-13-31(14-16-36,19-21-9-5-3-6-10-21)41-30(38)34-25(20-37)22-11-7-4-8-12-22/h3-12,17-18,25,37H,13-16,19-20H2,1-2H3,(H,34,38)(H2,32,33,35). The summed E-state index contributed by atoms with van der Waals surface area (Å²) in [5.74, 6) is 1.96. The van der Waals surface area contributed by atoms with Gasteiger partial charge in [-0.1, -0.05) is 60.7 Å². The molecule has 0 bridgehead atoms. The fourth-order valence-corrected chi connectivity index (χ4v) is 5.29. The predicted octanol–water partition coefficient (Wildman–Crippen LogP) is 4.27. The lowest BCUT2D eigenvalue weighted by atomic mass is 9.85. The summed E-state index contributed by atoms with van der Waals surface area (Å²) in [4.78, 5) is 24.6. The molecule has 2 heterocycles. The van der Waals surface area contributed by atoms with Crippen molar-refractivity contribution in [3.63, 3.8) is 0 Å². The average Bonchev–Trinajstić information content (AvgIpc) is 3.00. The van der Waals surface area contributed by atoms with Crippen molar-refractivity contribution < 1.29 is 24.1 Å². The lowest BCUT2D eigenvalue weighted by Gasteiger charge is -2.41. The highest BCUT2D eigenvalue weighted by molar-refractivity contribution is 5.91. The first-order valence-corrected chi connectivity index (χ1v) is 13.6. The Balaban J connectivity index is 1.36. The molecule has 1 atom stereocenters. The number of aliphatic hydroxyl groups is 1. The van der Waals surface area contributed by atoms with Gasteiger partial charge in [0.1, 0.15) is 11.4 Å². The number of nitrogens with two attached hydrogens (primary N) is 1. The summed E-state index contributed by atoms with van der Waals surface area (Å²) in [6.07, 6.45) is 1.10. The second-order valence-electron chi connectivity index (χ2n) is 10.1. The van der Waals surface area contributed by atoms with E-state index in [-0.39, 0.29) is 6.61 Å². The number of carbonyl (C=O) groups excluding carboxylic acids is 1. The summed E-state index contributed by atoms with van der Waals surface area (Å²) >= 11 is 0. The number of nitrogens with zero attached hydrogens (tertiary/aromatic N) is 3. The molecule has 1 aliphatic heterocycles. The van der Waals surface area contributed by atoms with E-state index in [9.17, 15) is 9.90 Å². The van der Waals surface area contributed by atoms with Crippen molar-refractivity contribution in [1.82, 2.24) is 15.3 Å². The lowest BCUT2D eigenvalue weighted by Crippen LogP contribution is -2.50. The largest absolute Gasteiger partial charge is 0.493 e. The normalized spacial score (nSPS) is 15.2. The number of benzene rings is 3. The number of ether oxygens (including phenoxy) is 3. The number of hydrogen-bond donors (Lipinski definition) is 3. The minimum Gasteiger partial charge on any atom is -0.493 e. The van der Waals surface area contributed by atoms with Crippen LogP contribution in [0.15, 0.2) is 72.8 Å². The molecule has 1 saturated heterocycles. The Morgan fingerprint density at radius 2 is 1.63 bits per heavy atom. The van der Waals surface area contributed by atoms with Gasteiger partial charge in [-0.3, -0.25) is 0 Å². The molecule has 4 N–H and O–H groups in total. The zero-order chi connectivity index (χ0) is 28.8. The van der Waals surface area contributed by atoms with Crippen LogP contribution in [0.3, 0.4) is 0 Å². The van der Waals surface area contributed by atoms with Crippen LogP contribution >= 0.6 is 0 Å². The van der Waals surface area contributed by atoms with Gasteiger partial charge < -0.3 is 35.3 Å². The zero-order valence-corrected chi connectivity index (χ0v) is 23.2. The first kappa shape index (κ1) is 28.0. The number of amides is 1. The van der Waals surface area contributed by atoms with E-state index in [1.165, 1.54) is 0 Å². The summed E-state index contributed by atoms with van der Waals surface area (Å²) in [6, 6.07) is 22.3. The fourth-order valence-electron chi connectivity index (χ4n) is 5.29. The van der Waals surface area contributed by atoms with Crippen LogP contribution in [0.4, 0.5) is 16.6 Å². The highest BCUT2D eigenvalue weighted by Crippen LogP contribution is 2.36. The molecule has 1 aromatic heterocycles. The van der Waals surface area contributed by atoms with Gasteiger partial charge in [0.25, 0.3) is 0 Å². The monoisotopic (exact) mass is 557 g/mol. The lowest BCUT2D eigenvalue weighted by molar-refractivity contribution is -0.00966. The molecule has 0 radical (unpaired) electrons. The Morgan fingerprint density at radius 3 is 2.27 bits per heavy atom. The van der Waals surface area contributed by atoms with Crippen LogP contribution < -0.4 is 25.4 Å². The molecule has 3 aromatic carbocycles. The van der Waals surface area contributed by atoms with Crippen LogP contribution in [0.2, 0.25) is 0 Å². The number of hydrogen-bond acceptors (Lipinski definition) is 9. The number of nitrogens with one attached hydrogen (secondary N) is 1. The summed E-state index contributed by atoms with van der Waals surface area (Å²) in [7, 11) is 3.14. The Labute approximate surface area is 239 Å². The van der Waals surface area contributed by atoms with E-state index in [0.29, 0.717) is 66.5 Å². The van der Waals surface area contributed by atoms with E-state index in [0.717, 1.165) is 11.1 Å². The molecule has 0 saturated carbocycles. The van der Waals surface area contributed by atoms with Gasteiger partial charge in [-0.05, 0) is 17.2 Å². The summed E-state index contributed by atoms with van der Waals surface area (Å²) in [6.45, 7) is 0.872. The van der Waals surface area contributed by atoms with Gasteiger partial charge in [0.05, 0.1) is 32.4 Å². The van der Waals surface area contributed by atoms with Crippen molar-refractivity contribution in [2.45, 2.75) is 30.9 Å². The van der Waals surface area contributed by atoms with Crippen molar-refractivity contribution in [2.24, 2.45) is 0 Å². The first-order valence-electron chi connectivity index (χ1n) is 13.6. The second kappa shape index (κ2) is 12.3. The molecule has 1 aliphatic rings. The van der Waals surface area contributed by atoms with Crippen molar-refractivity contribution >= 4 is 28.8 Å². The Hall–Kier alpha value is -4.57. The Morgan fingerprint density at radius 1 is 1.00 bits per heavy atom. The van der Waals surface area contributed by atoms with Gasteiger partial charge in [0.15, 0.2) is 11.5 Å². The van der Waals surface area contributed by atoms with Crippen LogP contribution in [-0.4, -0.2) is 60.7 Å². The molecule has 10 nitrogen and oxygen atoms in total. The molecule has 4 aromatic rings. The summed E-state index contributed by atoms with van der Waals surface area (Å²) < 4.78 is 17.0. The number of piperidine rings is 1. The van der Waals surface area contributed by atoms with Gasteiger partial charge in [0.2, 0.25) is 5.95 Å². The van der Waals surface area contributed by atoms with E-state index in [1.807, 2.05) is 60.7 Å². The van der Waals surface area contributed by atoms with Crippen LogP contribution in [0.25, 0.3) is 10.9 Å². The Bertz CT molecular complexity index is 1480. The number of rotatable bonds is 9. The minimum absolute atomic E-state index is 0.240. The Kier molecular flexibility index (Phi) is 8.39. The molecular weight excluding hydrogens is 522 g/mol. The second-order valence-corrected chi connectivity index (χ2v) is 10.1. The third-order valence-electron chi connectivity index (χ3n) is 7.53. The highest BCUT2D eigenvalue weighted by atomic mass is 16.6. The number of nitrogen functional groups attached to an aromatic ring is 1. The summed E-state index contributed by atoms with van der Waals surface area (Å²) in [5, 5.41) is 13.5. The number of aromatic nitrogens is 2. The van der Waals surface area contributed by atoms with Crippen LogP contribution in [0.5, 0.6) is 11.5 Å². The van der Waals surface area contributed by atoms with E-state index >= 15 is 0 Å². The van der Waals surface area contributed by atoms with Crippen LogP contribution in [0.1, 0.15) is 30.0 Å². The third-order valence-corrected chi connectivity index (χ3v) is 7.53. The maximum atomic E-state index is 13.2. The topological polar surface area (TPSA) is 132 Å². The molecule has 1 unspecified atom stereocenters. The molecule has 0 aliphatic carbocycles. The molecule has 10 heteroatoms. The number of alkyl carbamates (subject to hydrolysis) is 1. The number of anilines is 2. The van der Waals surface area contributed by atoms with Gasteiger partial charge in [-0.25, -0.2) is 9.78 Å². The van der Waals surface area contributed by atoms with Crippen molar-refractivity contribution in [1.29, 1.82) is 0 Å². The predicted molar refractivity (Wildman–Crippen MR) is 157 cm³/mol. The maximum absolute atomic E-state index is 13.2. The number of fused-ring (bicyclic) bond motifs is 1. The summed E-state index contributed by atoms with van der Waals surface area (Å²) in [5.41, 5.74) is 8.11. The van der Waals surface area contributed by atoms with Gasteiger partial charge in [0, 0.05) is 43.8 Å². The van der Waals surface area contributed by atoms with Crippen LogP contribution in [-0.2, 0) is 11.2 Å². The quantitative estimate of drug-likeness (QED) is 0.276. The highest BCUT2D eigenvalue weighted by Gasteiger charge is 2.39. The minimum atomic E-state index is -0.752. The molecule has 0 spiro atoms. The van der Waals surface area contributed by atoms with E-state index in [4.69, 9.17) is 24.9 Å². The zero-order valence-electron chi connectivity index (χ0n) is 23.2.